The average molecular weight is 462 g/mol. The van der Waals surface area contributed by atoms with Crippen molar-refractivity contribution < 1.29 is 33.3 Å². The fourth-order valence-corrected chi connectivity index (χ4v) is 3.60. The van der Waals surface area contributed by atoms with Crippen molar-refractivity contribution in [2.75, 3.05) is 20.8 Å². The van der Waals surface area contributed by atoms with Gasteiger partial charge >= 0.3 is 5.97 Å². The molecule has 0 aromatic heterocycles. The summed E-state index contributed by atoms with van der Waals surface area (Å²) in [4.78, 5) is 37.5. The van der Waals surface area contributed by atoms with Crippen LogP contribution < -0.4 is 25.1 Å². The van der Waals surface area contributed by atoms with E-state index in [1.807, 2.05) is 12.1 Å². The summed E-state index contributed by atoms with van der Waals surface area (Å²) < 4.78 is 21.4. The maximum absolute atomic E-state index is 12.9. The minimum Gasteiger partial charge on any atom is -0.493 e. The molecule has 0 radical (unpaired) electrons. The fraction of sp³-hybridized carbons (Fsp3) is 0.160. The van der Waals surface area contributed by atoms with Gasteiger partial charge in [-0.15, -0.1) is 0 Å². The van der Waals surface area contributed by atoms with Crippen LogP contribution in [0.15, 0.2) is 66.7 Å². The first kappa shape index (κ1) is 22.7. The largest absolute Gasteiger partial charge is 0.493 e. The summed E-state index contributed by atoms with van der Waals surface area (Å²) in [6, 6.07) is 18.9. The van der Waals surface area contributed by atoms with E-state index in [4.69, 9.17) is 18.9 Å². The molecule has 1 aliphatic heterocycles. The topological polar surface area (TPSA) is 112 Å². The molecule has 0 saturated carbocycles. The van der Waals surface area contributed by atoms with E-state index in [1.165, 1.54) is 26.4 Å². The van der Waals surface area contributed by atoms with Crippen molar-refractivity contribution in [3.8, 4) is 23.0 Å². The third-order valence-electron chi connectivity index (χ3n) is 5.22. The van der Waals surface area contributed by atoms with Gasteiger partial charge in [-0.25, -0.2) is 0 Å². The van der Waals surface area contributed by atoms with Crippen molar-refractivity contribution in [1.82, 2.24) is 10.9 Å². The quantitative estimate of drug-likeness (QED) is 0.428. The number of methoxy groups -OCH3 is 2. The maximum atomic E-state index is 12.9. The van der Waals surface area contributed by atoms with Crippen molar-refractivity contribution in [1.29, 1.82) is 0 Å². The van der Waals surface area contributed by atoms with E-state index in [1.54, 1.807) is 42.5 Å². The van der Waals surface area contributed by atoms with Crippen molar-refractivity contribution in [2.24, 2.45) is 0 Å². The van der Waals surface area contributed by atoms with E-state index in [2.05, 4.69) is 10.9 Å². The number of carbonyl (C=O) groups is 3. The van der Waals surface area contributed by atoms with Crippen LogP contribution in [0.4, 0.5) is 0 Å². The van der Waals surface area contributed by atoms with Crippen LogP contribution in [-0.4, -0.2) is 38.6 Å². The number of ether oxygens (including phenoxy) is 4. The number of hydrogen-bond donors (Lipinski definition) is 2. The summed E-state index contributed by atoms with van der Waals surface area (Å²) in [5.74, 6) is -0.688. The second kappa shape index (κ2) is 9.95. The molecule has 0 fully saturated rings. The van der Waals surface area contributed by atoms with Gasteiger partial charge in [-0.3, -0.25) is 25.2 Å². The predicted molar refractivity (Wildman–Crippen MR) is 121 cm³/mol. The van der Waals surface area contributed by atoms with Gasteiger partial charge in [-0.2, -0.15) is 0 Å². The first-order valence-corrected chi connectivity index (χ1v) is 10.4. The SMILES string of the molecule is COc1ccc(C(=O)NNC(=O)COC(=O)C2c3ccccc3Oc3ccccc32)cc1OC. The monoisotopic (exact) mass is 462 g/mol. The van der Waals surface area contributed by atoms with E-state index >= 15 is 0 Å². The summed E-state index contributed by atoms with van der Waals surface area (Å²) in [6.45, 7) is -0.577. The van der Waals surface area contributed by atoms with E-state index in [0.29, 0.717) is 34.1 Å². The Bertz CT molecular complexity index is 1200. The molecule has 1 aliphatic rings. The van der Waals surface area contributed by atoms with Crippen LogP contribution in [0.3, 0.4) is 0 Å². The van der Waals surface area contributed by atoms with Crippen LogP contribution in [0, 0.1) is 0 Å². The highest BCUT2D eigenvalue weighted by Crippen LogP contribution is 2.44. The molecule has 3 aromatic carbocycles. The molecule has 1 heterocycles. The molecule has 2 amide bonds. The number of esters is 1. The number of nitrogens with one attached hydrogen (secondary N) is 2. The van der Waals surface area contributed by atoms with Crippen molar-refractivity contribution >= 4 is 17.8 Å². The molecule has 9 nitrogen and oxygen atoms in total. The van der Waals surface area contributed by atoms with Crippen LogP contribution >= 0.6 is 0 Å². The van der Waals surface area contributed by atoms with E-state index < -0.39 is 30.3 Å². The Kier molecular flexibility index (Phi) is 6.63. The summed E-state index contributed by atoms with van der Waals surface area (Å²) in [5, 5.41) is 0. The second-order valence-corrected chi connectivity index (χ2v) is 7.29. The number of amides is 2. The van der Waals surface area contributed by atoms with Crippen LogP contribution in [0.2, 0.25) is 0 Å². The summed E-state index contributed by atoms with van der Waals surface area (Å²) in [5.41, 5.74) is 6.04. The van der Waals surface area contributed by atoms with Crippen LogP contribution in [0.1, 0.15) is 27.4 Å². The number of rotatable bonds is 6. The maximum Gasteiger partial charge on any atom is 0.318 e. The van der Waals surface area contributed by atoms with Gasteiger partial charge in [-0.1, -0.05) is 36.4 Å². The predicted octanol–water partition coefficient (Wildman–Crippen LogP) is 2.95. The van der Waals surface area contributed by atoms with Gasteiger partial charge in [-0.05, 0) is 30.3 Å². The smallest absolute Gasteiger partial charge is 0.318 e. The zero-order valence-corrected chi connectivity index (χ0v) is 18.5. The first-order chi connectivity index (χ1) is 16.5. The molecule has 9 heteroatoms. The van der Waals surface area contributed by atoms with Gasteiger partial charge in [0.05, 0.1) is 14.2 Å². The second-order valence-electron chi connectivity index (χ2n) is 7.29. The van der Waals surface area contributed by atoms with Crippen LogP contribution in [0.5, 0.6) is 23.0 Å². The van der Waals surface area contributed by atoms with E-state index in [0.717, 1.165) is 0 Å². The molecule has 0 aliphatic carbocycles. The summed E-state index contributed by atoms with van der Waals surface area (Å²) in [6.07, 6.45) is 0. The zero-order chi connectivity index (χ0) is 24.1. The molecule has 0 saturated heterocycles. The Hall–Kier alpha value is -4.53. The third kappa shape index (κ3) is 4.63. The first-order valence-electron chi connectivity index (χ1n) is 10.4. The molecule has 34 heavy (non-hydrogen) atoms. The van der Waals surface area contributed by atoms with Gasteiger partial charge in [0.2, 0.25) is 0 Å². The molecule has 0 bridgehead atoms. The number of carbonyl (C=O) groups excluding carboxylic acids is 3. The Balaban J connectivity index is 1.37. The molecule has 0 spiro atoms. The Morgan fingerprint density at radius 1 is 0.824 bits per heavy atom. The highest BCUT2D eigenvalue weighted by molar-refractivity contribution is 5.96. The van der Waals surface area contributed by atoms with Crippen molar-refractivity contribution in [3.05, 3.63) is 83.4 Å². The molecule has 0 unspecified atom stereocenters. The Morgan fingerprint density at radius 2 is 1.44 bits per heavy atom. The highest BCUT2D eigenvalue weighted by atomic mass is 16.5. The minimum absolute atomic E-state index is 0.241. The fourth-order valence-electron chi connectivity index (χ4n) is 3.60. The summed E-state index contributed by atoms with van der Waals surface area (Å²) >= 11 is 0. The minimum atomic E-state index is -0.740. The number of fused-ring (bicyclic) bond motifs is 2. The lowest BCUT2D eigenvalue weighted by Gasteiger charge is -2.26. The van der Waals surface area contributed by atoms with E-state index in [-0.39, 0.29) is 5.56 Å². The lowest BCUT2D eigenvalue weighted by Crippen LogP contribution is -2.43. The summed E-state index contributed by atoms with van der Waals surface area (Å²) in [7, 11) is 2.93. The molecule has 0 atom stereocenters. The van der Waals surface area contributed by atoms with Gasteiger partial charge < -0.3 is 18.9 Å². The molecule has 174 valence electrons. The molecular formula is C25H22N2O7. The number of para-hydroxylation sites is 2. The molecule has 2 N–H and O–H groups in total. The van der Waals surface area contributed by atoms with Gasteiger partial charge in [0.25, 0.3) is 11.8 Å². The Labute approximate surface area is 195 Å². The standard InChI is InChI=1S/C25H22N2O7/c1-31-20-12-11-15(13-21(20)32-2)24(29)27-26-22(28)14-33-25(30)23-16-7-3-5-9-18(16)34-19-10-6-4-8-17(19)23/h3-13,23H,14H2,1-2H3,(H,26,28)(H,27,29). The van der Waals surface area contributed by atoms with Crippen molar-refractivity contribution in [3.63, 3.8) is 0 Å². The van der Waals surface area contributed by atoms with Crippen molar-refractivity contribution in [2.45, 2.75) is 5.92 Å². The average Bonchev–Trinajstić information content (AvgIpc) is 2.88. The lowest BCUT2D eigenvalue weighted by molar-refractivity contribution is -0.149. The number of benzene rings is 3. The van der Waals surface area contributed by atoms with Gasteiger partial charge in [0.15, 0.2) is 18.1 Å². The van der Waals surface area contributed by atoms with E-state index in [9.17, 15) is 14.4 Å². The number of hydrazine groups is 1. The normalized spacial score (nSPS) is 11.8. The van der Waals surface area contributed by atoms with Crippen LogP contribution in [-0.2, 0) is 14.3 Å². The molecule has 3 aromatic rings. The lowest BCUT2D eigenvalue weighted by atomic mass is 9.88. The number of hydrogen-bond acceptors (Lipinski definition) is 7. The third-order valence-corrected chi connectivity index (χ3v) is 5.22. The van der Waals surface area contributed by atoms with Crippen LogP contribution in [0.25, 0.3) is 0 Å². The molecular weight excluding hydrogens is 440 g/mol. The zero-order valence-electron chi connectivity index (χ0n) is 18.5. The van der Waals surface area contributed by atoms with Gasteiger partial charge in [0.1, 0.15) is 17.4 Å². The highest BCUT2D eigenvalue weighted by Gasteiger charge is 2.33. The van der Waals surface area contributed by atoms with Gasteiger partial charge in [0, 0.05) is 16.7 Å². The Morgan fingerprint density at radius 3 is 2.06 bits per heavy atom. The molecule has 4 rings (SSSR count).